The van der Waals surface area contributed by atoms with Crippen LogP contribution in [0, 0.1) is 6.57 Å². The molecule has 8 heteroatoms. The third-order valence-corrected chi connectivity index (χ3v) is 5.12. The van der Waals surface area contributed by atoms with Gasteiger partial charge in [0.1, 0.15) is 5.15 Å². The lowest BCUT2D eigenvalue weighted by atomic mass is 10.1. The molecule has 0 aliphatic carbocycles. The summed E-state index contributed by atoms with van der Waals surface area (Å²) in [5.41, 5.74) is 3.11. The minimum atomic E-state index is 0.332. The maximum absolute atomic E-state index is 7.16. The number of hydrogen-bond donors (Lipinski definition) is 2. The third kappa shape index (κ3) is 4.16. The van der Waals surface area contributed by atoms with Crippen molar-refractivity contribution in [2.45, 2.75) is 25.4 Å². The fourth-order valence-electron chi connectivity index (χ4n) is 3.40. The number of piperidine rings is 1. The minimum Gasteiger partial charge on any atom is -0.341 e. The lowest BCUT2D eigenvalue weighted by Gasteiger charge is -2.33. The van der Waals surface area contributed by atoms with Crippen LogP contribution in [0.1, 0.15) is 18.4 Å². The van der Waals surface area contributed by atoms with Gasteiger partial charge in [0.2, 0.25) is 5.95 Å². The van der Waals surface area contributed by atoms with E-state index in [1.807, 2.05) is 18.2 Å². The molecule has 1 saturated heterocycles. The van der Waals surface area contributed by atoms with E-state index in [1.54, 1.807) is 12.1 Å². The van der Waals surface area contributed by atoms with E-state index >= 15 is 0 Å². The predicted octanol–water partition coefficient (Wildman–Crippen LogP) is 4.57. The zero-order valence-electron chi connectivity index (χ0n) is 14.5. The summed E-state index contributed by atoms with van der Waals surface area (Å²) in [7, 11) is 0. The summed E-state index contributed by atoms with van der Waals surface area (Å²) >= 11 is 12.0. The Labute approximate surface area is 167 Å². The molecule has 0 amide bonds. The van der Waals surface area contributed by atoms with Gasteiger partial charge in [0.05, 0.1) is 12.1 Å². The van der Waals surface area contributed by atoms with Crippen molar-refractivity contribution in [2.75, 3.05) is 18.0 Å². The SMILES string of the molecule is [C-]#[N+]c1cc(Cl)cc(CN[C@H]2CCCN(c3nc4nc(Cl)ccc4[nH]3)C2)c1. The summed E-state index contributed by atoms with van der Waals surface area (Å²) in [6.07, 6.45) is 2.17. The number of aromatic nitrogens is 3. The fourth-order valence-corrected chi connectivity index (χ4v) is 3.80. The standard InChI is InChI=1S/C19H18Cl2N6/c1-22-15-8-12(7-13(20)9-15)10-23-14-3-2-6-27(11-14)19-24-16-4-5-17(21)25-18(16)26-19/h4-5,7-9,14,23H,2-3,6,10-11H2,(H,24,25,26)/t14-/m0/s1. The molecule has 1 aliphatic rings. The molecule has 1 aromatic carbocycles. The summed E-state index contributed by atoms with van der Waals surface area (Å²) in [6, 6.07) is 9.45. The van der Waals surface area contributed by atoms with E-state index in [9.17, 15) is 0 Å². The van der Waals surface area contributed by atoms with Crippen LogP contribution in [-0.4, -0.2) is 34.1 Å². The van der Waals surface area contributed by atoms with Gasteiger partial charge in [-0.3, -0.25) is 0 Å². The summed E-state index contributed by atoms with van der Waals surface area (Å²) in [4.78, 5) is 17.9. The van der Waals surface area contributed by atoms with Gasteiger partial charge in [0, 0.05) is 30.7 Å². The summed E-state index contributed by atoms with van der Waals surface area (Å²) in [5, 5.41) is 4.62. The summed E-state index contributed by atoms with van der Waals surface area (Å²) < 4.78 is 0. The van der Waals surface area contributed by atoms with E-state index in [4.69, 9.17) is 29.8 Å². The van der Waals surface area contributed by atoms with Crippen LogP contribution >= 0.6 is 23.2 Å². The molecule has 6 nitrogen and oxygen atoms in total. The van der Waals surface area contributed by atoms with Crippen molar-refractivity contribution in [3.8, 4) is 0 Å². The van der Waals surface area contributed by atoms with Crippen molar-refractivity contribution < 1.29 is 0 Å². The third-order valence-electron chi connectivity index (χ3n) is 4.69. The predicted molar refractivity (Wildman–Crippen MR) is 109 cm³/mol. The second-order valence-corrected chi connectivity index (χ2v) is 7.48. The lowest BCUT2D eigenvalue weighted by molar-refractivity contribution is 0.419. The molecular weight excluding hydrogens is 383 g/mol. The highest BCUT2D eigenvalue weighted by Crippen LogP contribution is 2.23. The maximum atomic E-state index is 7.16. The molecule has 2 aromatic heterocycles. The molecular formula is C19H18Cl2N6. The number of pyridine rings is 1. The van der Waals surface area contributed by atoms with Crippen molar-refractivity contribution in [2.24, 2.45) is 0 Å². The average molecular weight is 401 g/mol. The van der Waals surface area contributed by atoms with E-state index in [2.05, 4.69) is 30.0 Å². The highest BCUT2D eigenvalue weighted by Gasteiger charge is 2.22. The van der Waals surface area contributed by atoms with Crippen LogP contribution in [0.5, 0.6) is 0 Å². The smallest absolute Gasteiger partial charge is 0.205 e. The quantitative estimate of drug-likeness (QED) is 0.497. The van der Waals surface area contributed by atoms with Gasteiger partial charge in [0.25, 0.3) is 0 Å². The number of halogens is 2. The normalized spacial score (nSPS) is 17.2. The van der Waals surface area contributed by atoms with E-state index in [1.165, 1.54) is 0 Å². The second-order valence-electron chi connectivity index (χ2n) is 6.66. The number of hydrogen-bond acceptors (Lipinski definition) is 4. The molecule has 4 rings (SSSR count). The van der Waals surface area contributed by atoms with Gasteiger partial charge < -0.3 is 15.2 Å². The number of fused-ring (bicyclic) bond motifs is 1. The van der Waals surface area contributed by atoms with E-state index < -0.39 is 0 Å². The molecule has 0 radical (unpaired) electrons. The van der Waals surface area contributed by atoms with Crippen molar-refractivity contribution in [1.82, 2.24) is 20.3 Å². The molecule has 3 aromatic rings. The Morgan fingerprint density at radius 1 is 1.26 bits per heavy atom. The Hall–Kier alpha value is -2.33. The van der Waals surface area contributed by atoms with Crippen molar-refractivity contribution in [1.29, 1.82) is 0 Å². The van der Waals surface area contributed by atoms with Gasteiger partial charge in [-0.25, -0.2) is 9.83 Å². The molecule has 0 spiro atoms. The van der Waals surface area contributed by atoms with Crippen LogP contribution in [0.4, 0.5) is 11.6 Å². The van der Waals surface area contributed by atoms with Gasteiger partial charge in [0.15, 0.2) is 11.3 Å². The van der Waals surface area contributed by atoms with Crippen LogP contribution in [0.15, 0.2) is 30.3 Å². The number of rotatable bonds is 4. The first-order chi connectivity index (χ1) is 13.1. The molecule has 2 N–H and O–H groups in total. The van der Waals surface area contributed by atoms with Crippen molar-refractivity contribution in [3.63, 3.8) is 0 Å². The van der Waals surface area contributed by atoms with Crippen LogP contribution in [0.25, 0.3) is 16.0 Å². The number of nitrogens with one attached hydrogen (secondary N) is 2. The van der Waals surface area contributed by atoms with Crippen molar-refractivity contribution >= 4 is 46.0 Å². The molecule has 1 fully saturated rings. The second kappa shape index (κ2) is 7.73. The first-order valence-electron chi connectivity index (χ1n) is 8.78. The van der Waals surface area contributed by atoms with Crippen LogP contribution in [0.2, 0.25) is 10.2 Å². The number of aromatic amines is 1. The van der Waals surface area contributed by atoms with Gasteiger partial charge in [-0.1, -0.05) is 29.3 Å². The topological polar surface area (TPSA) is 61.2 Å². The molecule has 0 saturated carbocycles. The number of anilines is 1. The first kappa shape index (κ1) is 18.1. The number of imidazole rings is 1. The molecule has 0 bridgehead atoms. The zero-order valence-corrected chi connectivity index (χ0v) is 16.1. The first-order valence-corrected chi connectivity index (χ1v) is 9.54. The number of nitrogens with zero attached hydrogens (tertiary/aromatic N) is 4. The molecule has 0 unspecified atom stereocenters. The lowest BCUT2D eigenvalue weighted by Crippen LogP contribution is -2.45. The van der Waals surface area contributed by atoms with E-state index in [0.29, 0.717) is 34.1 Å². The molecule has 1 atom stereocenters. The summed E-state index contributed by atoms with van der Waals surface area (Å²) in [6.45, 7) is 9.64. The molecule has 1 aliphatic heterocycles. The van der Waals surface area contributed by atoms with E-state index in [0.717, 1.165) is 43.0 Å². The fraction of sp³-hybridized carbons (Fsp3) is 0.316. The molecule has 138 valence electrons. The Kier molecular flexibility index (Phi) is 5.17. The van der Waals surface area contributed by atoms with Crippen LogP contribution in [0.3, 0.4) is 0 Å². The highest BCUT2D eigenvalue weighted by molar-refractivity contribution is 6.31. The Morgan fingerprint density at radius 3 is 3.00 bits per heavy atom. The average Bonchev–Trinajstić information content (AvgIpc) is 3.09. The van der Waals surface area contributed by atoms with Crippen LogP contribution in [-0.2, 0) is 6.54 Å². The zero-order chi connectivity index (χ0) is 18.8. The van der Waals surface area contributed by atoms with Crippen LogP contribution < -0.4 is 10.2 Å². The van der Waals surface area contributed by atoms with Crippen molar-refractivity contribution in [3.05, 3.63) is 57.5 Å². The van der Waals surface area contributed by atoms with Gasteiger partial charge >= 0.3 is 0 Å². The minimum absolute atomic E-state index is 0.332. The van der Waals surface area contributed by atoms with Gasteiger partial charge in [-0.15, -0.1) is 0 Å². The van der Waals surface area contributed by atoms with Gasteiger partial charge in [-0.05, 0) is 42.7 Å². The van der Waals surface area contributed by atoms with E-state index in [-0.39, 0.29) is 0 Å². The molecule has 27 heavy (non-hydrogen) atoms. The maximum Gasteiger partial charge on any atom is 0.205 e. The monoisotopic (exact) mass is 400 g/mol. The highest BCUT2D eigenvalue weighted by atomic mass is 35.5. The number of H-pyrrole nitrogens is 1. The Bertz CT molecular complexity index is 1010. The van der Waals surface area contributed by atoms with Gasteiger partial charge in [-0.2, -0.15) is 4.98 Å². The Balaban J connectivity index is 1.43. The largest absolute Gasteiger partial charge is 0.341 e. The number of benzene rings is 1. The summed E-state index contributed by atoms with van der Waals surface area (Å²) in [5.74, 6) is 0.823. The molecule has 3 heterocycles. The Morgan fingerprint density at radius 2 is 2.15 bits per heavy atom.